The Morgan fingerprint density at radius 2 is 1.95 bits per heavy atom. The average Bonchev–Trinajstić information content (AvgIpc) is 2.62. The molecule has 0 bridgehead atoms. The second-order valence-electron chi connectivity index (χ2n) is 7.41. The molecule has 1 heterocycles. The third-order valence-electron chi connectivity index (χ3n) is 5.01. The number of carbonyl (C=O) groups is 1. The lowest BCUT2D eigenvalue weighted by Crippen LogP contribution is -2.47. The van der Waals surface area contributed by atoms with Gasteiger partial charge in [0.1, 0.15) is 6.10 Å². The molecule has 4 heteroatoms. The van der Waals surface area contributed by atoms with Gasteiger partial charge in [-0.1, -0.05) is 33.8 Å². The molecular formula is C15H26O3Si. The van der Waals surface area contributed by atoms with E-state index in [0.29, 0.717) is 12.3 Å². The average molecular weight is 282 g/mol. The lowest BCUT2D eigenvalue weighted by molar-refractivity contribution is -0.140. The van der Waals surface area contributed by atoms with Crippen molar-refractivity contribution in [2.75, 3.05) is 0 Å². The van der Waals surface area contributed by atoms with Gasteiger partial charge in [0, 0.05) is 5.92 Å². The molecule has 0 saturated carbocycles. The monoisotopic (exact) mass is 282 g/mol. The molecular weight excluding hydrogens is 256 g/mol. The Kier molecular flexibility index (Phi) is 3.69. The molecule has 2 rings (SSSR count). The number of rotatable bonds is 2. The highest BCUT2D eigenvalue weighted by Gasteiger charge is 2.45. The summed E-state index contributed by atoms with van der Waals surface area (Å²) < 4.78 is 11.8. The van der Waals surface area contributed by atoms with Crippen molar-refractivity contribution in [1.82, 2.24) is 0 Å². The van der Waals surface area contributed by atoms with Crippen LogP contribution in [0.5, 0.6) is 0 Å². The van der Waals surface area contributed by atoms with Crippen LogP contribution in [0.25, 0.3) is 0 Å². The van der Waals surface area contributed by atoms with Crippen molar-refractivity contribution >= 4 is 14.3 Å². The fourth-order valence-corrected chi connectivity index (χ4v) is 3.89. The van der Waals surface area contributed by atoms with Gasteiger partial charge < -0.3 is 9.16 Å². The molecule has 4 atom stereocenters. The lowest BCUT2D eigenvalue weighted by atomic mass is 9.80. The number of hydrogen-bond donors (Lipinski definition) is 0. The fourth-order valence-electron chi connectivity index (χ4n) is 2.56. The summed E-state index contributed by atoms with van der Waals surface area (Å²) in [5, 5.41) is 0.208. The first kappa shape index (κ1) is 14.8. The predicted octanol–water partition coefficient (Wildman–Crippen LogP) is 3.51. The molecule has 3 nitrogen and oxygen atoms in total. The van der Waals surface area contributed by atoms with E-state index in [9.17, 15) is 4.79 Å². The first-order valence-electron chi connectivity index (χ1n) is 7.17. The topological polar surface area (TPSA) is 35.5 Å². The Morgan fingerprint density at radius 1 is 1.32 bits per heavy atom. The van der Waals surface area contributed by atoms with Gasteiger partial charge in [0.2, 0.25) is 0 Å². The van der Waals surface area contributed by atoms with Crippen LogP contribution >= 0.6 is 0 Å². The van der Waals surface area contributed by atoms with E-state index in [1.54, 1.807) is 0 Å². The van der Waals surface area contributed by atoms with Crippen LogP contribution in [0.1, 0.15) is 34.1 Å². The van der Waals surface area contributed by atoms with Crippen LogP contribution in [0.4, 0.5) is 0 Å². The highest BCUT2D eigenvalue weighted by atomic mass is 28.4. The predicted molar refractivity (Wildman–Crippen MR) is 78.4 cm³/mol. The second-order valence-corrected chi connectivity index (χ2v) is 12.2. The number of esters is 1. The van der Waals surface area contributed by atoms with Crippen LogP contribution in [-0.4, -0.2) is 26.5 Å². The van der Waals surface area contributed by atoms with Gasteiger partial charge in [0.15, 0.2) is 8.32 Å². The van der Waals surface area contributed by atoms with Gasteiger partial charge in [-0.15, -0.1) is 0 Å². The van der Waals surface area contributed by atoms with E-state index in [4.69, 9.17) is 9.16 Å². The van der Waals surface area contributed by atoms with Gasteiger partial charge in [-0.25, -0.2) is 0 Å². The molecule has 0 radical (unpaired) electrons. The molecule has 2 aliphatic rings. The highest BCUT2D eigenvalue weighted by Crippen LogP contribution is 2.42. The Labute approximate surface area is 117 Å². The third kappa shape index (κ3) is 2.79. The molecule has 0 aromatic carbocycles. The molecule has 0 spiro atoms. The van der Waals surface area contributed by atoms with E-state index >= 15 is 0 Å². The minimum Gasteiger partial charge on any atom is -0.458 e. The molecule has 0 N–H and O–H groups in total. The number of hydrogen-bond acceptors (Lipinski definition) is 3. The maximum atomic E-state index is 11.4. The first-order chi connectivity index (χ1) is 8.62. The molecule has 1 aliphatic carbocycles. The summed E-state index contributed by atoms with van der Waals surface area (Å²) >= 11 is 0. The molecule has 1 saturated heterocycles. The first-order valence-corrected chi connectivity index (χ1v) is 10.1. The summed E-state index contributed by atoms with van der Waals surface area (Å²) in [7, 11) is -1.77. The van der Waals surface area contributed by atoms with Crippen molar-refractivity contribution in [3.63, 3.8) is 0 Å². The Hall–Kier alpha value is -0.613. The third-order valence-corrected chi connectivity index (χ3v) is 9.49. The van der Waals surface area contributed by atoms with Crippen LogP contribution in [0.2, 0.25) is 18.1 Å². The van der Waals surface area contributed by atoms with Crippen molar-refractivity contribution in [3.8, 4) is 0 Å². The van der Waals surface area contributed by atoms with E-state index in [-0.39, 0.29) is 29.1 Å². The van der Waals surface area contributed by atoms with Crippen LogP contribution in [0, 0.1) is 11.8 Å². The Morgan fingerprint density at radius 3 is 2.53 bits per heavy atom. The molecule has 0 amide bonds. The van der Waals surface area contributed by atoms with Gasteiger partial charge in [-0.05, 0) is 30.1 Å². The van der Waals surface area contributed by atoms with E-state index in [1.165, 1.54) is 0 Å². The van der Waals surface area contributed by atoms with Gasteiger partial charge in [0.05, 0.1) is 12.5 Å². The lowest BCUT2D eigenvalue weighted by Gasteiger charge is -2.42. The Bertz CT molecular complexity index is 395. The van der Waals surface area contributed by atoms with Crippen molar-refractivity contribution in [2.45, 2.75) is 64.5 Å². The maximum absolute atomic E-state index is 11.4. The maximum Gasteiger partial charge on any atom is 0.306 e. The van der Waals surface area contributed by atoms with Gasteiger partial charge in [-0.2, -0.15) is 0 Å². The zero-order chi connectivity index (χ0) is 14.4. The van der Waals surface area contributed by atoms with Crippen LogP contribution in [0.3, 0.4) is 0 Å². The molecule has 0 aromatic heterocycles. The van der Waals surface area contributed by atoms with Crippen molar-refractivity contribution in [2.24, 2.45) is 11.8 Å². The summed E-state index contributed by atoms with van der Waals surface area (Å²) in [6.07, 6.45) is 4.75. The second kappa shape index (κ2) is 4.74. The standard InChI is InChI=1S/C15H26O3Si/c1-10-11-9-14(16)17-13(11)8-7-12(10)18-19(5,6)15(2,3)4/h7-8,10-13H,9H2,1-6H3/t10-,11-,12?,13+/m1/s1. The fraction of sp³-hybridized carbons (Fsp3) is 0.800. The van der Waals surface area contributed by atoms with E-state index < -0.39 is 8.32 Å². The number of carbonyl (C=O) groups excluding carboxylic acids is 1. The molecule has 0 aromatic rings. The van der Waals surface area contributed by atoms with Crippen LogP contribution < -0.4 is 0 Å². The zero-order valence-corrected chi connectivity index (χ0v) is 13.9. The summed E-state index contributed by atoms with van der Waals surface area (Å²) in [5.74, 6) is 0.558. The molecule has 1 unspecified atom stereocenters. The summed E-state index contributed by atoms with van der Waals surface area (Å²) in [6, 6.07) is 0. The molecule has 1 fully saturated rings. The largest absolute Gasteiger partial charge is 0.458 e. The van der Waals surface area contributed by atoms with Crippen LogP contribution in [-0.2, 0) is 14.0 Å². The number of fused-ring (bicyclic) bond motifs is 1. The Balaban J connectivity index is 2.11. The highest BCUT2D eigenvalue weighted by molar-refractivity contribution is 6.74. The molecule has 108 valence electrons. The summed E-state index contributed by atoms with van der Waals surface area (Å²) in [6.45, 7) is 13.5. The van der Waals surface area contributed by atoms with Crippen molar-refractivity contribution < 1.29 is 14.0 Å². The number of ether oxygens (including phenoxy) is 1. The minimum atomic E-state index is -1.77. The van der Waals surface area contributed by atoms with Gasteiger partial charge in [0.25, 0.3) is 0 Å². The smallest absolute Gasteiger partial charge is 0.306 e. The van der Waals surface area contributed by atoms with Gasteiger partial charge in [-0.3, -0.25) is 4.79 Å². The van der Waals surface area contributed by atoms with E-state index in [1.807, 2.05) is 6.08 Å². The van der Waals surface area contributed by atoms with Gasteiger partial charge >= 0.3 is 5.97 Å². The quantitative estimate of drug-likeness (QED) is 0.442. The van der Waals surface area contributed by atoms with Crippen molar-refractivity contribution in [3.05, 3.63) is 12.2 Å². The molecule has 1 aliphatic heterocycles. The summed E-state index contributed by atoms with van der Waals surface area (Å²) in [4.78, 5) is 11.4. The van der Waals surface area contributed by atoms with E-state index in [0.717, 1.165) is 0 Å². The van der Waals surface area contributed by atoms with Crippen LogP contribution in [0.15, 0.2) is 12.2 Å². The molecule has 19 heavy (non-hydrogen) atoms. The SMILES string of the molecule is C[C@H]1C(O[Si](C)(C)C(C)(C)C)C=C[C@@H]2OC(=O)C[C@@H]21. The minimum absolute atomic E-state index is 0.0261. The van der Waals surface area contributed by atoms with E-state index in [2.05, 4.69) is 46.9 Å². The normalized spacial score (nSPS) is 35.2. The zero-order valence-electron chi connectivity index (χ0n) is 12.9. The van der Waals surface area contributed by atoms with Crippen molar-refractivity contribution in [1.29, 1.82) is 0 Å². The summed E-state index contributed by atoms with van der Waals surface area (Å²) in [5.41, 5.74) is 0.